The average molecular weight is 548 g/mol. The SMILES string of the molecule is NS(=O)(=O)c1ccc(N2C(=O)CC(N(CCc3ccccc3)S(=O)(=O)c3ccc(Cl)cc3)C2=O)cc1. The second-order valence-electron chi connectivity index (χ2n) is 8.13. The molecule has 1 unspecified atom stereocenters. The van der Waals surface area contributed by atoms with E-state index >= 15 is 0 Å². The van der Waals surface area contributed by atoms with Gasteiger partial charge >= 0.3 is 0 Å². The summed E-state index contributed by atoms with van der Waals surface area (Å²) in [5.41, 5.74) is 0.979. The van der Waals surface area contributed by atoms with Crippen LogP contribution in [-0.2, 0) is 36.1 Å². The molecule has 36 heavy (non-hydrogen) atoms. The van der Waals surface area contributed by atoms with Crippen LogP contribution < -0.4 is 10.0 Å². The summed E-state index contributed by atoms with van der Waals surface area (Å²) in [6.45, 7) is -0.0448. The number of hydrogen-bond donors (Lipinski definition) is 1. The Bertz CT molecular complexity index is 1490. The van der Waals surface area contributed by atoms with Crippen molar-refractivity contribution < 1.29 is 26.4 Å². The van der Waals surface area contributed by atoms with Crippen molar-refractivity contribution >= 4 is 49.1 Å². The van der Waals surface area contributed by atoms with Gasteiger partial charge in [-0.2, -0.15) is 4.31 Å². The number of amides is 2. The third kappa shape index (κ3) is 5.35. The Hall–Kier alpha value is -3.09. The summed E-state index contributed by atoms with van der Waals surface area (Å²) in [4.78, 5) is 26.9. The van der Waals surface area contributed by atoms with E-state index in [1.54, 1.807) is 0 Å². The van der Waals surface area contributed by atoms with Crippen LogP contribution in [0.15, 0.2) is 88.7 Å². The summed E-state index contributed by atoms with van der Waals surface area (Å²) in [7, 11) is -8.15. The van der Waals surface area contributed by atoms with E-state index in [0.29, 0.717) is 11.4 Å². The van der Waals surface area contributed by atoms with Gasteiger partial charge in [-0.1, -0.05) is 41.9 Å². The van der Waals surface area contributed by atoms with Gasteiger partial charge in [-0.25, -0.2) is 26.9 Å². The number of nitrogens with zero attached hydrogens (tertiary/aromatic N) is 2. The zero-order valence-corrected chi connectivity index (χ0v) is 21.2. The number of rotatable bonds is 8. The van der Waals surface area contributed by atoms with Crippen LogP contribution >= 0.6 is 11.6 Å². The zero-order valence-electron chi connectivity index (χ0n) is 18.8. The number of nitrogens with two attached hydrogens (primary N) is 1. The molecular formula is C24H22ClN3O6S2. The predicted molar refractivity (Wildman–Crippen MR) is 134 cm³/mol. The Labute approximate surface area is 214 Å². The van der Waals surface area contributed by atoms with Gasteiger partial charge in [-0.15, -0.1) is 0 Å². The topological polar surface area (TPSA) is 135 Å². The number of imide groups is 1. The van der Waals surface area contributed by atoms with Crippen molar-refractivity contribution in [2.24, 2.45) is 5.14 Å². The fourth-order valence-corrected chi connectivity index (χ4v) is 6.19. The first kappa shape index (κ1) is 26.0. The normalized spacial score (nSPS) is 16.6. The van der Waals surface area contributed by atoms with E-state index in [-0.39, 0.29) is 28.4 Å². The van der Waals surface area contributed by atoms with Crippen LogP contribution in [-0.4, -0.2) is 45.5 Å². The highest BCUT2D eigenvalue weighted by atomic mass is 35.5. The van der Waals surface area contributed by atoms with Gasteiger partial charge in [0.1, 0.15) is 6.04 Å². The molecule has 2 amide bonds. The van der Waals surface area contributed by atoms with Crippen molar-refractivity contribution in [2.75, 3.05) is 11.4 Å². The van der Waals surface area contributed by atoms with Crippen molar-refractivity contribution in [3.05, 3.63) is 89.4 Å². The third-order valence-corrected chi connectivity index (χ3v) is 8.88. The summed E-state index contributed by atoms with van der Waals surface area (Å²) in [5.74, 6) is -1.33. The maximum Gasteiger partial charge on any atom is 0.252 e. The minimum atomic E-state index is -4.18. The molecule has 3 aromatic carbocycles. The lowest BCUT2D eigenvalue weighted by molar-refractivity contribution is -0.122. The molecule has 1 saturated heterocycles. The Morgan fingerprint density at radius 3 is 2.03 bits per heavy atom. The fourth-order valence-electron chi connectivity index (χ4n) is 3.97. The Morgan fingerprint density at radius 2 is 1.44 bits per heavy atom. The van der Waals surface area contributed by atoms with Crippen LogP contribution in [0.4, 0.5) is 5.69 Å². The molecule has 0 spiro atoms. The van der Waals surface area contributed by atoms with Crippen LogP contribution in [0.25, 0.3) is 0 Å². The number of halogens is 1. The molecule has 1 aliphatic rings. The lowest BCUT2D eigenvalue weighted by Crippen LogP contribution is -2.46. The van der Waals surface area contributed by atoms with Gasteiger partial charge in [0, 0.05) is 11.6 Å². The molecule has 12 heteroatoms. The Kier molecular flexibility index (Phi) is 7.30. The standard InChI is InChI=1S/C24H22ClN3O6S2/c25-18-6-10-21(11-7-18)36(33,34)27(15-14-17-4-2-1-3-5-17)22-16-23(29)28(24(22)30)19-8-12-20(13-9-19)35(26,31)32/h1-13,22H,14-16H2,(H2,26,31,32). The van der Waals surface area contributed by atoms with Crippen molar-refractivity contribution in [3.63, 3.8) is 0 Å². The lowest BCUT2D eigenvalue weighted by Gasteiger charge is -2.27. The van der Waals surface area contributed by atoms with Crippen molar-refractivity contribution in [2.45, 2.75) is 28.7 Å². The van der Waals surface area contributed by atoms with Crippen molar-refractivity contribution in [1.29, 1.82) is 0 Å². The first-order chi connectivity index (χ1) is 17.0. The number of primary sulfonamides is 1. The molecule has 3 aromatic rings. The molecule has 2 N–H and O–H groups in total. The van der Waals surface area contributed by atoms with Crippen LogP contribution in [0.5, 0.6) is 0 Å². The Balaban J connectivity index is 1.68. The highest BCUT2D eigenvalue weighted by molar-refractivity contribution is 7.89. The van der Waals surface area contributed by atoms with E-state index in [1.807, 2.05) is 30.3 Å². The third-order valence-electron chi connectivity index (χ3n) is 5.78. The van der Waals surface area contributed by atoms with Crippen molar-refractivity contribution in [1.82, 2.24) is 4.31 Å². The summed E-state index contributed by atoms with van der Waals surface area (Å²) in [6.07, 6.45) is -0.0495. The van der Waals surface area contributed by atoms with Gasteiger partial charge in [-0.05, 0) is 60.5 Å². The maximum atomic E-state index is 13.6. The molecule has 1 fully saturated rings. The number of hydrogen-bond acceptors (Lipinski definition) is 6. The number of anilines is 1. The smallest absolute Gasteiger partial charge is 0.252 e. The second kappa shape index (κ2) is 10.1. The molecule has 1 heterocycles. The molecule has 1 atom stereocenters. The lowest BCUT2D eigenvalue weighted by atomic mass is 10.1. The summed E-state index contributed by atoms with van der Waals surface area (Å²) in [5, 5.41) is 5.47. The zero-order chi connectivity index (χ0) is 26.1. The van der Waals surface area contributed by atoms with E-state index < -0.39 is 37.9 Å². The predicted octanol–water partition coefficient (Wildman–Crippen LogP) is 2.55. The summed E-state index contributed by atoms with van der Waals surface area (Å²) >= 11 is 5.92. The largest absolute Gasteiger partial charge is 0.274 e. The number of carbonyl (C=O) groups is 2. The van der Waals surface area contributed by atoms with E-state index in [1.165, 1.54) is 48.5 Å². The van der Waals surface area contributed by atoms with Crippen LogP contribution in [0, 0.1) is 0 Å². The first-order valence-electron chi connectivity index (χ1n) is 10.8. The van der Waals surface area contributed by atoms with Gasteiger partial charge in [0.15, 0.2) is 0 Å². The van der Waals surface area contributed by atoms with E-state index in [4.69, 9.17) is 16.7 Å². The minimum absolute atomic E-state index is 0.0448. The molecule has 4 rings (SSSR count). The minimum Gasteiger partial charge on any atom is -0.274 e. The van der Waals surface area contributed by atoms with Crippen molar-refractivity contribution in [3.8, 4) is 0 Å². The van der Waals surface area contributed by atoms with E-state index in [0.717, 1.165) is 14.8 Å². The van der Waals surface area contributed by atoms with E-state index in [9.17, 15) is 26.4 Å². The molecule has 0 aromatic heterocycles. The second-order valence-corrected chi connectivity index (χ2v) is 12.0. The monoisotopic (exact) mass is 547 g/mol. The number of benzene rings is 3. The average Bonchev–Trinajstić information content (AvgIpc) is 3.13. The number of carbonyl (C=O) groups excluding carboxylic acids is 2. The molecular weight excluding hydrogens is 526 g/mol. The maximum absolute atomic E-state index is 13.6. The van der Waals surface area contributed by atoms with Gasteiger partial charge in [0.2, 0.25) is 26.0 Å². The summed E-state index contributed by atoms with van der Waals surface area (Å²) in [6, 6.07) is 18.4. The molecule has 0 bridgehead atoms. The molecule has 9 nitrogen and oxygen atoms in total. The molecule has 0 radical (unpaired) electrons. The van der Waals surface area contributed by atoms with Crippen LogP contribution in [0.3, 0.4) is 0 Å². The molecule has 188 valence electrons. The first-order valence-corrected chi connectivity index (χ1v) is 14.2. The van der Waals surface area contributed by atoms with Gasteiger partial charge in [0.05, 0.1) is 21.9 Å². The highest BCUT2D eigenvalue weighted by Crippen LogP contribution is 2.30. The van der Waals surface area contributed by atoms with Gasteiger partial charge in [-0.3, -0.25) is 9.59 Å². The number of sulfonamides is 2. The molecule has 1 aliphatic heterocycles. The highest BCUT2D eigenvalue weighted by Gasteiger charge is 2.46. The van der Waals surface area contributed by atoms with Crippen LogP contribution in [0.1, 0.15) is 12.0 Å². The summed E-state index contributed by atoms with van der Waals surface area (Å²) < 4.78 is 51.4. The Morgan fingerprint density at radius 1 is 0.861 bits per heavy atom. The molecule has 0 aliphatic carbocycles. The quantitative estimate of drug-likeness (QED) is 0.431. The van der Waals surface area contributed by atoms with E-state index in [2.05, 4.69) is 0 Å². The molecule has 0 saturated carbocycles. The van der Waals surface area contributed by atoms with Gasteiger partial charge in [0.25, 0.3) is 5.91 Å². The van der Waals surface area contributed by atoms with Crippen LogP contribution in [0.2, 0.25) is 5.02 Å². The fraction of sp³-hybridized carbons (Fsp3) is 0.167. The van der Waals surface area contributed by atoms with Gasteiger partial charge < -0.3 is 0 Å².